The first-order valence-electron chi connectivity index (χ1n) is 17.5. The number of esters is 1. The maximum atomic E-state index is 14.8. The van der Waals surface area contributed by atoms with E-state index in [0.29, 0.717) is 24.9 Å². The van der Waals surface area contributed by atoms with Crippen molar-refractivity contribution in [2.45, 2.75) is 95.2 Å². The number of hydrogen-bond donors (Lipinski definition) is 2. The van der Waals surface area contributed by atoms with Crippen molar-refractivity contribution in [1.82, 2.24) is 15.1 Å². The Hall–Kier alpha value is -3.54. The molecule has 0 aliphatic carbocycles. The third-order valence-electron chi connectivity index (χ3n) is 10.5. The van der Waals surface area contributed by atoms with Gasteiger partial charge in [-0.1, -0.05) is 94.7 Å². The Bertz CT molecular complexity index is 1370. The van der Waals surface area contributed by atoms with Gasteiger partial charge in [-0.3, -0.25) is 19.2 Å². The van der Waals surface area contributed by atoms with Crippen LogP contribution in [0.25, 0.3) is 0 Å². The van der Waals surface area contributed by atoms with Crippen molar-refractivity contribution in [1.29, 1.82) is 0 Å². The van der Waals surface area contributed by atoms with Crippen molar-refractivity contribution in [3.8, 4) is 0 Å². The summed E-state index contributed by atoms with van der Waals surface area (Å²) in [6.07, 6.45) is 9.62. The van der Waals surface area contributed by atoms with Crippen molar-refractivity contribution in [3.05, 3.63) is 60.2 Å². The number of hydrogen-bond acceptors (Lipinski definition) is 8. The quantitative estimate of drug-likeness (QED) is 0.209. The summed E-state index contributed by atoms with van der Waals surface area (Å²) in [5.41, 5.74) is -0.737. The summed E-state index contributed by atoms with van der Waals surface area (Å²) in [5.74, 6) is -3.74. The van der Waals surface area contributed by atoms with Gasteiger partial charge in [-0.2, -0.15) is 0 Å². The zero-order chi connectivity index (χ0) is 34.4. The lowest BCUT2D eigenvalue weighted by Crippen LogP contribution is -2.59. The zero-order valence-electron chi connectivity index (χ0n) is 28.6. The number of carbonyl (C=O) groups excluding carboxylic acids is 4. The number of nitrogens with one attached hydrogen (secondary N) is 1. The molecule has 4 aliphatic rings. The predicted molar refractivity (Wildman–Crippen MR) is 178 cm³/mol. The number of methoxy groups -OCH3 is 1. The van der Waals surface area contributed by atoms with Crippen molar-refractivity contribution in [3.63, 3.8) is 0 Å². The Morgan fingerprint density at radius 1 is 1.08 bits per heavy atom. The number of likely N-dealkylation sites (tertiary alicyclic amines) is 1. The minimum atomic E-state index is -1.40. The maximum absolute atomic E-state index is 14.8. The Morgan fingerprint density at radius 2 is 1.85 bits per heavy atom. The Balaban J connectivity index is 1.62. The molecule has 2 saturated heterocycles. The largest absolute Gasteiger partial charge is 0.455 e. The van der Waals surface area contributed by atoms with Crippen molar-refractivity contribution in [2.75, 3.05) is 33.4 Å². The Kier molecular flexibility index (Phi) is 11.8. The standard InChI is InChI=1S/C37H51N3O8/c1-5-7-13-20-39-21-14-9-12-17-29(42)38-26(23-46-4)32(25-15-10-8-11-16-25)47-36(45)30-28-18-19-37(48-28)31(30)34(43)40(33(37)35(39)44)27(22-41)24(3)6-2/h8-11,14-16,18-19,24,26-28,30-33,41H,5-7,12-13,17,20-23H2,1-4H3,(H,38,42)/b14-9-/t24-,26-,27-,28+,30-,31-,32-,33+,37-/m0/s1. The lowest BCUT2D eigenvalue weighted by atomic mass is 9.74. The maximum Gasteiger partial charge on any atom is 0.313 e. The molecule has 9 atom stereocenters. The molecule has 1 spiro atoms. The highest BCUT2D eigenvalue weighted by molar-refractivity contribution is 5.99. The molecule has 2 N–H and O–H groups in total. The highest BCUT2D eigenvalue weighted by atomic mass is 16.6. The summed E-state index contributed by atoms with van der Waals surface area (Å²) in [7, 11) is 1.52. The molecule has 5 bridgehead atoms. The van der Waals surface area contributed by atoms with E-state index in [1.807, 2.05) is 56.3 Å². The topological polar surface area (TPSA) is 135 Å². The number of unbranched alkanes of at least 4 members (excludes halogenated alkanes) is 2. The smallest absolute Gasteiger partial charge is 0.313 e. The molecule has 2 fully saturated rings. The van der Waals surface area contributed by atoms with Crippen molar-refractivity contribution in [2.24, 2.45) is 17.8 Å². The lowest BCUT2D eigenvalue weighted by Gasteiger charge is -2.40. The van der Waals surface area contributed by atoms with Crippen molar-refractivity contribution >= 4 is 23.7 Å². The molecule has 0 saturated carbocycles. The van der Waals surface area contributed by atoms with E-state index in [9.17, 15) is 24.3 Å². The van der Waals surface area contributed by atoms with E-state index in [-0.39, 0.29) is 43.9 Å². The molecule has 11 heteroatoms. The van der Waals surface area contributed by atoms with Gasteiger partial charge in [0, 0.05) is 26.6 Å². The molecule has 11 nitrogen and oxygen atoms in total. The van der Waals surface area contributed by atoms with Gasteiger partial charge in [0.25, 0.3) is 0 Å². The highest BCUT2D eigenvalue weighted by Crippen LogP contribution is 2.56. The van der Waals surface area contributed by atoms with Crippen LogP contribution >= 0.6 is 0 Å². The van der Waals surface area contributed by atoms with Gasteiger partial charge in [0.2, 0.25) is 17.7 Å². The summed E-state index contributed by atoms with van der Waals surface area (Å²) < 4.78 is 18.4. The molecule has 4 aliphatic heterocycles. The summed E-state index contributed by atoms with van der Waals surface area (Å²) >= 11 is 0. The fourth-order valence-electron chi connectivity index (χ4n) is 7.77. The molecule has 48 heavy (non-hydrogen) atoms. The molecular weight excluding hydrogens is 614 g/mol. The normalized spacial score (nSPS) is 32.6. The van der Waals surface area contributed by atoms with Crippen LogP contribution < -0.4 is 5.32 Å². The molecule has 0 radical (unpaired) electrons. The van der Waals surface area contributed by atoms with Gasteiger partial charge in [-0.05, 0) is 24.3 Å². The van der Waals surface area contributed by atoms with Crippen LogP contribution in [0.3, 0.4) is 0 Å². The zero-order valence-corrected chi connectivity index (χ0v) is 28.6. The molecule has 1 aromatic carbocycles. The van der Waals surface area contributed by atoms with Crippen molar-refractivity contribution < 1.29 is 38.5 Å². The molecular formula is C37H51N3O8. The number of allylic oxidation sites excluding steroid dienone is 1. The second kappa shape index (κ2) is 15.8. The van der Waals surface area contributed by atoms with Crippen LogP contribution in [0.1, 0.15) is 71.0 Å². The fraction of sp³-hybridized carbons (Fsp3) is 0.622. The number of aliphatic hydroxyl groups is 1. The number of rotatable bonds is 11. The SMILES string of the molecule is CCCCCN1C/C=C\CCC(=O)N[C@@H](COC)[C@H](c2ccccc2)OC(=O)[C@@H]2[C@H]3C(=O)N([C@@H](CO)[C@@H](C)CC)[C@H](C1=O)[C@]31C=C[C@H]2O1. The van der Waals surface area contributed by atoms with E-state index in [1.165, 1.54) is 12.0 Å². The molecule has 0 unspecified atom stereocenters. The van der Waals surface area contributed by atoms with Gasteiger partial charge in [-0.25, -0.2) is 0 Å². The van der Waals surface area contributed by atoms with Crippen LogP contribution in [0.15, 0.2) is 54.6 Å². The van der Waals surface area contributed by atoms with Crippen LogP contribution in [-0.2, 0) is 33.4 Å². The number of nitrogens with zero attached hydrogens (tertiary/aromatic N) is 2. The highest BCUT2D eigenvalue weighted by Gasteiger charge is 2.74. The van der Waals surface area contributed by atoms with Gasteiger partial charge in [0.05, 0.1) is 37.3 Å². The van der Waals surface area contributed by atoms with Gasteiger partial charge in [-0.15, -0.1) is 0 Å². The third kappa shape index (κ3) is 6.82. The fourth-order valence-corrected chi connectivity index (χ4v) is 7.77. The molecule has 4 heterocycles. The van der Waals surface area contributed by atoms with Crippen LogP contribution in [-0.4, -0.2) is 102 Å². The number of cyclic esters (lactones) is 1. The van der Waals surface area contributed by atoms with Crippen LogP contribution in [0, 0.1) is 17.8 Å². The lowest BCUT2D eigenvalue weighted by molar-refractivity contribution is -0.163. The van der Waals surface area contributed by atoms with Gasteiger partial charge < -0.3 is 34.4 Å². The van der Waals surface area contributed by atoms with Crippen LogP contribution in [0.2, 0.25) is 0 Å². The average Bonchev–Trinajstić information content (AvgIpc) is 3.73. The predicted octanol–water partition coefficient (Wildman–Crippen LogP) is 3.33. The van der Waals surface area contributed by atoms with Gasteiger partial charge in [0.15, 0.2) is 0 Å². The molecule has 3 amide bonds. The number of benzene rings is 1. The third-order valence-corrected chi connectivity index (χ3v) is 10.5. The minimum Gasteiger partial charge on any atom is -0.455 e. The second-order valence-corrected chi connectivity index (χ2v) is 13.5. The minimum absolute atomic E-state index is 0.0787. The summed E-state index contributed by atoms with van der Waals surface area (Å²) in [6, 6.07) is 6.71. The first-order chi connectivity index (χ1) is 23.2. The molecule has 262 valence electrons. The van der Waals surface area contributed by atoms with E-state index in [2.05, 4.69) is 12.2 Å². The van der Waals surface area contributed by atoms with Crippen LogP contribution in [0.4, 0.5) is 0 Å². The van der Waals surface area contributed by atoms with Gasteiger partial charge >= 0.3 is 5.97 Å². The van der Waals surface area contributed by atoms with E-state index in [0.717, 1.165) is 19.3 Å². The number of ether oxygens (including phenoxy) is 3. The first kappa shape index (κ1) is 35.8. The van der Waals surface area contributed by atoms with Gasteiger partial charge in [0.1, 0.15) is 23.7 Å². The number of aliphatic hydroxyl groups excluding tert-OH is 1. The summed E-state index contributed by atoms with van der Waals surface area (Å²) in [5, 5.41) is 13.7. The van der Waals surface area contributed by atoms with E-state index >= 15 is 0 Å². The number of fused-ring (bicyclic) bond motifs is 2. The second-order valence-electron chi connectivity index (χ2n) is 13.5. The number of carbonyl (C=O) groups is 4. The summed E-state index contributed by atoms with van der Waals surface area (Å²) in [4.78, 5) is 60.3. The Morgan fingerprint density at radius 3 is 2.54 bits per heavy atom. The molecule has 0 aromatic heterocycles. The number of amides is 3. The average molecular weight is 666 g/mol. The monoisotopic (exact) mass is 665 g/mol. The summed E-state index contributed by atoms with van der Waals surface area (Å²) in [6.45, 7) is 6.54. The van der Waals surface area contributed by atoms with E-state index in [4.69, 9.17) is 14.2 Å². The molecule has 5 rings (SSSR count). The first-order valence-corrected chi connectivity index (χ1v) is 17.5. The molecule has 1 aromatic rings. The Labute approximate surface area is 283 Å². The van der Waals surface area contributed by atoms with E-state index in [1.54, 1.807) is 17.1 Å². The van der Waals surface area contributed by atoms with E-state index < -0.39 is 59.6 Å². The van der Waals surface area contributed by atoms with Crippen LogP contribution in [0.5, 0.6) is 0 Å².